The standard InChI is InChI=1S/C17H20ClN/c1-3-12-5-6-14(9-13(12)4-2)15-7-8-16(11-19)17(18)10-15/h5-10H,3-4,11,19H2,1-2H3. The fraction of sp³-hybridized carbons (Fsp3) is 0.294. The van der Waals surface area contributed by atoms with Gasteiger partial charge in [0.2, 0.25) is 0 Å². The Hall–Kier alpha value is -1.31. The van der Waals surface area contributed by atoms with Gasteiger partial charge in [-0.2, -0.15) is 0 Å². The number of rotatable bonds is 4. The van der Waals surface area contributed by atoms with Crippen LogP contribution in [0.4, 0.5) is 0 Å². The molecule has 0 unspecified atom stereocenters. The zero-order valence-corrected chi connectivity index (χ0v) is 12.3. The van der Waals surface area contributed by atoms with Crippen LogP contribution in [0.2, 0.25) is 5.02 Å². The second kappa shape index (κ2) is 6.23. The van der Waals surface area contributed by atoms with Crippen LogP contribution in [0.1, 0.15) is 30.5 Å². The average Bonchev–Trinajstić information content (AvgIpc) is 2.46. The SMILES string of the molecule is CCc1ccc(-c2ccc(CN)c(Cl)c2)cc1CC. The van der Waals surface area contributed by atoms with Crippen LogP contribution in [0.25, 0.3) is 11.1 Å². The molecule has 0 aliphatic heterocycles. The Morgan fingerprint density at radius 2 is 1.42 bits per heavy atom. The second-order valence-electron chi connectivity index (χ2n) is 4.70. The van der Waals surface area contributed by atoms with Crippen LogP contribution in [-0.4, -0.2) is 0 Å². The van der Waals surface area contributed by atoms with Gasteiger partial charge in [0, 0.05) is 11.6 Å². The lowest BCUT2D eigenvalue weighted by Crippen LogP contribution is -1.97. The van der Waals surface area contributed by atoms with E-state index in [0.717, 1.165) is 29.0 Å². The van der Waals surface area contributed by atoms with Crippen molar-refractivity contribution < 1.29 is 0 Å². The Morgan fingerprint density at radius 1 is 0.842 bits per heavy atom. The highest BCUT2D eigenvalue weighted by Gasteiger charge is 2.05. The van der Waals surface area contributed by atoms with Crippen molar-refractivity contribution in [1.82, 2.24) is 0 Å². The van der Waals surface area contributed by atoms with E-state index in [2.05, 4.69) is 38.1 Å². The third-order valence-corrected chi connectivity index (χ3v) is 3.93. The minimum atomic E-state index is 0.480. The highest BCUT2D eigenvalue weighted by Crippen LogP contribution is 2.27. The summed E-state index contributed by atoms with van der Waals surface area (Å²) in [6, 6.07) is 12.8. The molecule has 2 rings (SSSR count). The summed E-state index contributed by atoms with van der Waals surface area (Å²) in [4.78, 5) is 0. The second-order valence-corrected chi connectivity index (χ2v) is 5.11. The molecule has 0 spiro atoms. The number of aryl methyl sites for hydroxylation is 2. The summed E-state index contributed by atoms with van der Waals surface area (Å²) in [6.07, 6.45) is 2.14. The predicted octanol–water partition coefficient (Wildman–Crippen LogP) is 4.59. The number of nitrogens with two attached hydrogens (primary N) is 1. The van der Waals surface area contributed by atoms with Gasteiger partial charge in [0.25, 0.3) is 0 Å². The van der Waals surface area contributed by atoms with Gasteiger partial charge in [-0.15, -0.1) is 0 Å². The van der Waals surface area contributed by atoms with Crippen LogP contribution >= 0.6 is 11.6 Å². The molecule has 2 aromatic carbocycles. The summed E-state index contributed by atoms with van der Waals surface area (Å²) in [6.45, 7) is 4.87. The van der Waals surface area contributed by atoms with Crippen molar-refractivity contribution in [2.45, 2.75) is 33.2 Å². The monoisotopic (exact) mass is 273 g/mol. The lowest BCUT2D eigenvalue weighted by molar-refractivity contribution is 1.04. The summed E-state index contributed by atoms with van der Waals surface area (Å²) in [7, 11) is 0. The maximum absolute atomic E-state index is 6.23. The van der Waals surface area contributed by atoms with Crippen molar-refractivity contribution in [3.8, 4) is 11.1 Å². The van der Waals surface area contributed by atoms with E-state index < -0.39 is 0 Å². The van der Waals surface area contributed by atoms with E-state index in [1.807, 2.05) is 12.1 Å². The van der Waals surface area contributed by atoms with E-state index in [1.54, 1.807) is 0 Å². The Bertz CT molecular complexity index is 575. The molecule has 0 saturated carbocycles. The van der Waals surface area contributed by atoms with Gasteiger partial charge >= 0.3 is 0 Å². The quantitative estimate of drug-likeness (QED) is 0.866. The highest BCUT2D eigenvalue weighted by atomic mass is 35.5. The Kier molecular flexibility index (Phi) is 4.62. The Morgan fingerprint density at radius 3 is 1.95 bits per heavy atom. The van der Waals surface area contributed by atoms with Crippen LogP contribution in [-0.2, 0) is 19.4 Å². The molecule has 19 heavy (non-hydrogen) atoms. The fourth-order valence-corrected chi connectivity index (χ4v) is 2.63. The van der Waals surface area contributed by atoms with Crippen LogP contribution < -0.4 is 5.73 Å². The number of benzene rings is 2. The molecule has 0 aliphatic carbocycles. The van der Waals surface area contributed by atoms with Gasteiger partial charge < -0.3 is 5.73 Å². The topological polar surface area (TPSA) is 26.0 Å². The van der Waals surface area contributed by atoms with Gasteiger partial charge in [0.1, 0.15) is 0 Å². The average molecular weight is 274 g/mol. The lowest BCUT2D eigenvalue weighted by atomic mass is 9.96. The molecule has 0 amide bonds. The summed E-state index contributed by atoms with van der Waals surface area (Å²) in [5, 5.41) is 0.748. The summed E-state index contributed by atoms with van der Waals surface area (Å²) >= 11 is 6.23. The van der Waals surface area contributed by atoms with Crippen molar-refractivity contribution in [2.24, 2.45) is 5.73 Å². The van der Waals surface area contributed by atoms with Crippen LogP contribution in [0.15, 0.2) is 36.4 Å². The molecule has 0 saturated heterocycles. The molecule has 0 heterocycles. The maximum atomic E-state index is 6.23. The van der Waals surface area contributed by atoms with Gasteiger partial charge in [0.15, 0.2) is 0 Å². The minimum absolute atomic E-state index is 0.480. The molecule has 0 radical (unpaired) electrons. The van der Waals surface area contributed by atoms with E-state index in [1.165, 1.54) is 16.7 Å². The minimum Gasteiger partial charge on any atom is -0.326 e. The molecular formula is C17H20ClN. The van der Waals surface area contributed by atoms with Gasteiger partial charge in [-0.25, -0.2) is 0 Å². The lowest BCUT2D eigenvalue weighted by Gasteiger charge is -2.10. The molecule has 1 nitrogen and oxygen atoms in total. The first-order valence-electron chi connectivity index (χ1n) is 6.80. The Labute approximate surface area is 120 Å². The van der Waals surface area contributed by atoms with Crippen molar-refractivity contribution >= 4 is 11.6 Å². The molecule has 2 heteroatoms. The van der Waals surface area contributed by atoms with E-state index >= 15 is 0 Å². The van der Waals surface area contributed by atoms with Crippen LogP contribution in [0.3, 0.4) is 0 Å². The van der Waals surface area contributed by atoms with Gasteiger partial charge in [-0.05, 0) is 46.7 Å². The molecule has 100 valence electrons. The van der Waals surface area contributed by atoms with Gasteiger partial charge in [-0.3, -0.25) is 0 Å². The van der Waals surface area contributed by atoms with Crippen LogP contribution in [0.5, 0.6) is 0 Å². The molecule has 0 fully saturated rings. The van der Waals surface area contributed by atoms with E-state index in [0.29, 0.717) is 6.54 Å². The first-order valence-corrected chi connectivity index (χ1v) is 7.18. The Balaban J connectivity index is 2.44. The first kappa shape index (κ1) is 14.1. The van der Waals surface area contributed by atoms with Crippen molar-refractivity contribution in [1.29, 1.82) is 0 Å². The number of hydrogen-bond acceptors (Lipinski definition) is 1. The zero-order valence-electron chi connectivity index (χ0n) is 11.5. The molecule has 2 N–H and O–H groups in total. The summed E-state index contributed by atoms with van der Waals surface area (Å²) < 4.78 is 0. The molecule has 0 bridgehead atoms. The van der Waals surface area contributed by atoms with E-state index in [-0.39, 0.29) is 0 Å². The van der Waals surface area contributed by atoms with Crippen molar-refractivity contribution in [2.75, 3.05) is 0 Å². The van der Waals surface area contributed by atoms with E-state index in [9.17, 15) is 0 Å². The fourth-order valence-electron chi connectivity index (χ4n) is 2.37. The van der Waals surface area contributed by atoms with E-state index in [4.69, 9.17) is 17.3 Å². The normalized spacial score (nSPS) is 10.7. The maximum Gasteiger partial charge on any atom is 0.0457 e. The number of hydrogen-bond donors (Lipinski definition) is 1. The molecular weight excluding hydrogens is 254 g/mol. The third-order valence-electron chi connectivity index (χ3n) is 3.57. The molecule has 0 aromatic heterocycles. The summed E-state index contributed by atoms with van der Waals surface area (Å²) in [5.74, 6) is 0. The largest absolute Gasteiger partial charge is 0.326 e. The molecule has 0 aliphatic rings. The summed E-state index contributed by atoms with van der Waals surface area (Å²) in [5.41, 5.74) is 11.8. The highest BCUT2D eigenvalue weighted by molar-refractivity contribution is 6.31. The van der Waals surface area contributed by atoms with Gasteiger partial charge in [0.05, 0.1) is 0 Å². The molecule has 0 atom stereocenters. The zero-order chi connectivity index (χ0) is 13.8. The first-order chi connectivity index (χ1) is 9.19. The third kappa shape index (κ3) is 2.99. The number of halogens is 1. The van der Waals surface area contributed by atoms with Crippen molar-refractivity contribution in [3.05, 3.63) is 58.1 Å². The predicted molar refractivity (Wildman–Crippen MR) is 83.5 cm³/mol. The van der Waals surface area contributed by atoms with Gasteiger partial charge in [-0.1, -0.05) is 55.8 Å². The van der Waals surface area contributed by atoms with Crippen LogP contribution in [0, 0.1) is 0 Å². The molecule has 2 aromatic rings. The smallest absolute Gasteiger partial charge is 0.0457 e. The van der Waals surface area contributed by atoms with Crippen molar-refractivity contribution in [3.63, 3.8) is 0 Å².